The highest BCUT2D eigenvalue weighted by molar-refractivity contribution is 4.92. The number of fused-ring (bicyclic) bond motifs is 2. The maximum absolute atomic E-state index is 1.61. The molecule has 3 aliphatic carbocycles. The fourth-order valence-electron chi connectivity index (χ4n) is 3.94. The number of hydrogen-bond donors (Lipinski definition) is 0. The third-order valence-electron chi connectivity index (χ3n) is 4.50. The molecule has 3 aliphatic rings. The highest BCUT2D eigenvalue weighted by Gasteiger charge is 2.40. The molecule has 11 heavy (non-hydrogen) atoms. The standard InChI is InChI=1S/C11H18/c1-2-9-6-10-4-3-8(1)5-11(10)7-9/h8-11H,1-7H2. The van der Waals surface area contributed by atoms with Crippen molar-refractivity contribution in [2.24, 2.45) is 23.7 Å². The fraction of sp³-hybridized carbons (Fsp3) is 1.00. The van der Waals surface area contributed by atoms with Crippen molar-refractivity contribution < 1.29 is 0 Å². The smallest absolute Gasteiger partial charge is 0.0380 e. The van der Waals surface area contributed by atoms with Crippen LogP contribution >= 0.6 is 0 Å². The molecule has 0 aromatic heterocycles. The molecule has 4 atom stereocenters. The van der Waals surface area contributed by atoms with Gasteiger partial charge in [0.1, 0.15) is 0 Å². The van der Waals surface area contributed by atoms with Crippen LogP contribution in [0.4, 0.5) is 0 Å². The second-order valence-electron chi connectivity index (χ2n) is 5.11. The third-order valence-corrected chi connectivity index (χ3v) is 4.50. The molecule has 0 aromatic carbocycles. The van der Waals surface area contributed by atoms with Gasteiger partial charge in [0, 0.05) is 0 Å². The Labute approximate surface area is 69.4 Å². The second kappa shape index (κ2) is 2.24. The summed E-state index contributed by atoms with van der Waals surface area (Å²) in [6, 6.07) is 0. The van der Waals surface area contributed by atoms with E-state index in [1.54, 1.807) is 44.9 Å². The van der Waals surface area contributed by atoms with Gasteiger partial charge < -0.3 is 0 Å². The van der Waals surface area contributed by atoms with Crippen LogP contribution in [0, 0.1) is 23.7 Å². The van der Waals surface area contributed by atoms with Gasteiger partial charge in [0.2, 0.25) is 0 Å². The Bertz CT molecular complexity index is 157. The lowest BCUT2D eigenvalue weighted by Gasteiger charge is -2.32. The summed E-state index contributed by atoms with van der Waals surface area (Å²) in [5.74, 6) is 4.68. The lowest BCUT2D eigenvalue weighted by Crippen LogP contribution is -2.20. The van der Waals surface area contributed by atoms with Gasteiger partial charge in [-0.25, -0.2) is 0 Å². The van der Waals surface area contributed by atoms with Crippen LogP contribution in [0.2, 0.25) is 0 Å². The van der Waals surface area contributed by atoms with Crippen molar-refractivity contribution in [1.82, 2.24) is 0 Å². The second-order valence-corrected chi connectivity index (χ2v) is 5.11. The first-order valence-electron chi connectivity index (χ1n) is 5.42. The summed E-state index contributed by atoms with van der Waals surface area (Å²) >= 11 is 0. The summed E-state index contributed by atoms with van der Waals surface area (Å²) in [6.45, 7) is 0. The maximum Gasteiger partial charge on any atom is -0.0380 e. The Morgan fingerprint density at radius 1 is 0.545 bits per heavy atom. The third kappa shape index (κ3) is 0.947. The highest BCUT2D eigenvalue weighted by atomic mass is 14.5. The number of hydrogen-bond acceptors (Lipinski definition) is 0. The molecule has 0 saturated heterocycles. The molecule has 3 bridgehead atoms. The van der Waals surface area contributed by atoms with Gasteiger partial charge in [-0.2, -0.15) is 0 Å². The molecule has 0 heteroatoms. The van der Waals surface area contributed by atoms with Gasteiger partial charge in [-0.15, -0.1) is 0 Å². The Morgan fingerprint density at radius 3 is 2.18 bits per heavy atom. The molecule has 62 valence electrons. The summed E-state index contributed by atoms with van der Waals surface area (Å²) in [5.41, 5.74) is 0. The summed E-state index contributed by atoms with van der Waals surface area (Å²) < 4.78 is 0. The zero-order chi connectivity index (χ0) is 7.26. The van der Waals surface area contributed by atoms with Crippen molar-refractivity contribution >= 4 is 0 Å². The summed E-state index contributed by atoms with van der Waals surface area (Å²) in [7, 11) is 0. The monoisotopic (exact) mass is 150 g/mol. The predicted molar refractivity (Wildman–Crippen MR) is 46.3 cm³/mol. The first kappa shape index (κ1) is 6.51. The van der Waals surface area contributed by atoms with Crippen LogP contribution < -0.4 is 0 Å². The van der Waals surface area contributed by atoms with Gasteiger partial charge in [0.15, 0.2) is 0 Å². The van der Waals surface area contributed by atoms with E-state index < -0.39 is 0 Å². The van der Waals surface area contributed by atoms with E-state index in [4.69, 9.17) is 0 Å². The minimum atomic E-state index is 1.15. The Balaban J connectivity index is 1.88. The van der Waals surface area contributed by atoms with Crippen LogP contribution in [-0.4, -0.2) is 0 Å². The Hall–Kier alpha value is 0. The predicted octanol–water partition coefficient (Wildman–Crippen LogP) is 3.22. The largest absolute Gasteiger partial charge is 0.0502 e. The van der Waals surface area contributed by atoms with Crippen molar-refractivity contribution in [1.29, 1.82) is 0 Å². The molecule has 4 unspecified atom stereocenters. The molecular weight excluding hydrogens is 132 g/mol. The van der Waals surface area contributed by atoms with Crippen molar-refractivity contribution in [2.45, 2.75) is 44.9 Å². The van der Waals surface area contributed by atoms with Crippen LogP contribution in [0.3, 0.4) is 0 Å². The zero-order valence-electron chi connectivity index (χ0n) is 7.26. The molecule has 3 saturated carbocycles. The topological polar surface area (TPSA) is 0 Å². The van der Waals surface area contributed by atoms with Gasteiger partial charge in [0.05, 0.1) is 0 Å². The molecule has 0 aromatic rings. The van der Waals surface area contributed by atoms with E-state index in [0.717, 1.165) is 11.8 Å². The van der Waals surface area contributed by atoms with Crippen LogP contribution in [0.1, 0.15) is 44.9 Å². The van der Waals surface area contributed by atoms with E-state index >= 15 is 0 Å². The van der Waals surface area contributed by atoms with Crippen molar-refractivity contribution in [2.75, 3.05) is 0 Å². The Morgan fingerprint density at radius 2 is 1.18 bits per heavy atom. The van der Waals surface area contributed by atoms with Gasteiger partial charge in [0.25, 0.3) is 0 Å². The lowest BCUT2D eigenvalue weighted by molar-refractivity contribution is 0.193. The molecule has 0 amide bonds. The van der Waals surface area contributed by atoms with Crippen LogP contribution in [0.5, 0.6) is 0 Å². The molecule has 3 rings (SSSR count). The van der Waals surface area contributed by atoms with E-state index in [1.807, 2.05) is 0 Å². The van der Waals surface area contributed by atoms with E-state index in [2.05, 4.69) is 0 Å². The summed E-state index contributed by atoms with van der Waals surface area (Å²) in [6.07, 6.45) is 11.2. The first-order valence-corrected chi connectivity index (χ1v) is 5.42. The van der Waals surface area contributed by atoms with E-state index in [1.165, 1.54) is 11.8 Å². The van der Waals surface area contributed by atoms with E-state index in [0.29, 0.717) is 0 Å². The minimum absolute atomic E-state index is 1.15. The minimum Gasteiger partial charge on any atom is -0.0502 e. The zero-order valence-corrected chi connectivity index (χ0v) is 7.26. The van der Waals surface area contributed by atoms with Crippen LogP contribution in [0.25, 0.3) is 0 Å². The molecule has 0 heterocycles. The van der Waals surface area contributed by atoms with Gasteiger partial charge in [-0.3, -0.25) is 0 Å². The SMILES string of the molecule is C1CC2CC3CCC1CC3C2. The summed E-state index contributed by atoms with van der Waals surface area (Å²) in [4.78, 5) is 0. The molecule has 0 spiro atoms. The lowest BCUT2D eigenvalue weighted by atomic mass is 9.74. The summed E-state index contributed by atoms with van der Waals surface area (Å²) in [5, 5.41) is 0. The van der Waals surface area contributed by atoms with Crippen LogP contribution in [0.15, 0.2) is 0 Å². The van der Waals surface area contributed by atoms with Gasteiger partial charge in [-0.05, 0) is 49.4 Å². The van der Waals surface area contributed by atoms with Crippen molar-refractivity contribution in [3.63, 3.8) is 0 Å². The average molecular weight is 150 g/mol. The molecule has 3 fully saturated rings. The molecule has 0 nitrogen and oxygen atoms in total. The van der Waals surface area contributed by atoms with Crippen LogP contribution in [-0.2, 0) is 0 Å². The maximum atomic E-state index is 1.61. The first-order chi connectivity index (χ1) is 5.42. The van der Waals surface area contributed by atoms with E-state index in [9.17, 15) is 0 Å². The highest BCUT2D eigenvalue weighted by Crippen LogP contribution is 2.52. The molecule has 0 aliphatic heterocycles. The average Bonchev–Trinajstić information content (AvgIpc) is 2.29. The quantitative estimate of drug-likeness (QED) is 0.497. The van der Waals surface area contributed by atoms with Gasteiger partial charge in [-0.1, -0.05) is 19.3 Å². The fourth-order valence-corrected chi connectivity index (χ4v) is 3.94. The normalized spacial score (nSPS) is 54.5. The molecular formula is C11H18. The molecule has 0 N–H and O–H groups in total. The van der Waals surface area contributed by atoms with Crippen molar-refractivity contribution in [3.05, 3.63) is 0 Å². The molecule has 0 radical (unpaired) electrons. The number of rotatable bonds is 0. The van der Waals surface area contributed by atoms with Crippen molar-refractivity contribution in [3.8, 4) is 0 Å². The Kier molecular flexibility index (Phi) is 1.33. The van der Waals surface area contributed by atoms with Gasteiger partial charge >= 0.3 is 0 Å². The van der Waals surface area contributed by atoms with E-state index in [-0.39, 0.29) is 0 Å².